The van der Waals surface area contributed by atoms with Crippen molar-refractivity contribution in [2.45, 2.75) is 19.8 Å². The summed E-state index contributed by atoms with van der Waals surface area (Å²) in [4.78, 5) is 0. The molecule has 0 radical (unpaired) electrons. The van der Waals surface area contributed by atoms with Gasteiger partial charge in [-0.05, 0) is 42.9 Å². The van der Waals surface area contributed by atoms with Gasteiger partial charge < -0.3 is 0 Å². The summed E-state index contributed by atoms with van der Waals surface area (Å²) in [5, 5.41) is 1.25. The summed E-state index contributed by atoms with van der Waals surface area (Å²) in [5.74, 6) is 0.964. The molecular formula is C17H17Cl3. The van der Waals surface area contributed by atoms with Crippen molar-refractivity contribution in [1.29, 1.82) is 0 Å². The van der Waals surface area contributed by atoms with Crippen molar-refractivity contribution in [2.75, 3.05) is 5.88 Å². The van der Waals surface area contributed by atoms with E-state index in [-0.39, 0.29) is 0 Å². The Balaban J connectivity index is 2.11. The Labute approximate surface area is 135 Å². The smallest absolute Gasteiger partial charge is 0.0624 e. The Morgan fingerprint density at radius 1 is 1.00 bits per heavy atom. The van der Waals surface area contributed by atoms with Crippen molar-refractivity contribution >= 4 is 34.8 Å². The van der Waals surface area contributed by atoms with E-state index in [0.717, 1.165) is 18.4 Å². The lowest BCUT2D eigenvalue weighted by molar-refractivity contribution is 0.584. The molecule has 0 aromatic heterocycles. The molecular weight excluding hydrogens is 311 g/mol. The number of hydrogen-bond acceptors (Lipinski definition) is 0. The zero-order valence-electron chi connectivity index (χ0n) is 11.4. The molecule has 1 unspecified atom stereocenters. The van der Waals surface area contributed by atoms with Crippen molar-refractivity contribution in [1.82, 2.24) is 0 Å². The van der Waals surface area contributed by atoms with Gasteiger partial charge in [0.25, 0.3) is 0 Å². The van der Waals surface area contributed by atoms with Crippen LogP contribution in [0.25, 0.3) is 0 Å². The summed E-state index contributed by atoms with van der Waals surface area (Å²) in [6.45, 7) is 2.10. The molecule has 106 valence electrons. The van der Waals surface area contributed by atoms with Gasteiger partial charge in [0.1, 0.15) is 0 Å². The van der Waals surface area contributed by atoms with Gasteiger partial charge in [0.15, 0.2) is 0 Å². The molecule has 20 heavy (non-hydrogen) atoms. The van der Waals surface area contributed by atoms with Gasteiger partial charge >= 0.3 is 0 Å². The highest BCUT2D eigenvalue weighted by Gasteiger charge is 2.13. The maximum atomic E-state index is 6.25. The Hall–Kier alpha value is -0.690. The molecule has 1 atom stereocenters. The molecule has 0 nitrogen and oxygen atoms in total. The van der Waals surface area contributed by atoms with E-state index in [0.29, 0.717) is 21.8 Å². The number of hydrogen-bond donors (Lipinski definition) is 0. The van der Waals surface area contributed by atoms with Crippen molar-refractivity contribution in [3.63, 3.8) is 0 Å². The molecule has 2 aromatic carbocycles. The fraction of sp³-hybridized carbons (Fsp3) is 0.294. The summed E-state index contributed by atoms with van der Waals surface area (Å²) in [6.07, 6.45) is 1.80. The molecule has 0 heterocycles. The maximum Gasteiger partial charge on any atom is 0.0624 e. The predicted molar refractivity (Wildman–Crippen MR) is 89.3 cm³/mol. The summed E-state index contributed by atoms with van der Waals surface area (Å²) in [5.41, 5.74) is 3.66. The first kappa shape index (κ1) is 15.7. The van der Waals surface area contributed by atoms with Crippen LogP contribution < -0.4 is 0 Å². The normalized spacial score (nSPS) is 12.4. The molecule has 0 aliphatic heterocycles. The van der Waals surface area contributed by atoms with E-state index in [9.17, 15) is 0 Å². The fourth-order valence-electron chi connectivity index (χ4n) is 2.37. The first-order valence-corrected chi connectivity index (χ1v) is 7.93. The summed E-state index contributed by atoms with van der Waals surface area (Å²) in [6, 6.07) is 14.3. The topological polar surface area (TPSA) is 0 Å². The third-order valence-electron chi connectivity index (χ3n) is 3.37. The van der Waals surface area contributed by atoms with Crippen molar-refractivity contribution in [3.05, 3.63) is 69.2 Å². The van der Waals surface area contributed by atoms with Crippen LogP contribution in [0.4, 0.5) is 0 Å². The molecule has 0 bridgehead atoms. The lowest BCUT2D eigenvalue weighted by Gasteiger charge is -2.16. The quantitative estimate of drug-likeness (QED) is 0.596. The van der Waals surface area contributed by atoms with E-state index in [1.807, 2.05) is 18.2 Å². The number of rotatable bonds is 5. The monoisotopic (exact) mass is 326 g/mol. The van der Waals surface area contributed by atoms with Crippen LogP contribution in [0.15, 0.2) is 42.5 Å². The SMILES string of the molecule is Cc1cccc(CC(CCl)Cc2cccc(Cl)c2Cl)c1. The maximum absolute atomic E-state index is 6.25. The third-order valence-corrected chi connectivity index (χ3v) is 4.66. The average Bonchev–Trinajstić information content (AvgIpc) is 2.43. The predicted octanol–water partition coefficient (Wildman–Crippen LogP) is 5.94. The Morgan fingerprint density at radius 2 is 1.75 bits per heavy atom. The Kier molecular flexibility index (Phi) is 5.77. The van der Waals surface area contributed by atoms with Crippen LogP contribution in [-0.4, -0.2) is 5.88 Å². The van der Waals surface area contributed by atoms with Gasteiger partial charge in [-0.3, -0.25) is 0 Å². The van der Waals surface area contributed by atoms with Crippen molar-refractivity contribution in [2.24, 2.45) is 5.92 Å². The van der Waals surface area contributed by atoms with Gasteiger partial charge in [-0.2, -0.15) is 0 Å². The molecule has 0 N–H and O–H groups in total. The zero-order chi connectivity index (χ0) is 14.5. The molecule has 0 saturated carbocycles. The highest BCUT2D eigenvalue weighted by atomic mass is 35.5. The summed E-state index contributed by atoms with van der Waals surface area (Å²) in [7, 11) is 0. The number of alkyl halides is 1. The zero-order valence-corrected chi connectivity index (χ0v) is 13.6. The van der Waals surface area contributed by atoms with E-state index in [1.165, 1.54) is 11.1 Å². The second-order valence-corrected chi connectivity index (χ2v) is 6.22. The highest BCUT2D eigenvalue weighted by molar-refractivity contribution is 6.42. The molecule has 0 spiro atoms. The van der Waals surface area contributed by atoms with Crippen LogP contribution in [0.1, 0.15) is 16.7 Å². The van der Waals surface area contributed by atoms with E-state index in [2.05, 4.69) is 31.2 Å². The largest absolute Gasteiger partial charge is 0.126 e. The van der Waals surface area contributed by atoms with E-state index < -0.39 is 0 Å². The number of benzene rings is 2. The molecule has 0 aliphatic rings. The summed E-state index contributed by atoms with van der Waals surface area (Å²) < 4.78 is 0. The average molecular weight is 328 g/mol. The van der Waals surface area contributed by atoms with Crippen LogP contribution in [0.5, 0.6) is 0 Å². The van der Waals surface area contributed by atoms with Crippen LogP contribution >= 0.6 is 34.8 Å². The van der Waals surface area contributed by atoms with E-state index >= 15 is 0 Å². The van der Waals surface area contributed by atoms with Gasteiger partial charge in [0, 0.05) is 5.88 Å². The first-order valence-electron chi connectivity index (χ1n) is 6.64. The summed E-state index contributed by atoms with van der Waals surface area (Å²) >= 11 is 18.4. The van der Waals surface area contributed by atoms with Crippen LogP contribution in [0, 0.1) is 12.8 Å². The van der Waals surface area contributed by atoms with Crippen LogP contribution in [-0.2, 0) is 12.8 Å². The van der Waals surface area contributed by atoms with E-state index in [1.54, 1.807) is 0 Å². The van der Waals surface area contributed by atoms with Gasteiger partial charge in [-0.1, -0.05) is 65.2 Å². The minimum absolute atomic E-state index is 0.356. The standard InChI is InChI=1S/C17H17Cl3/c1-12-4-2-5-13(8-12)9-14(11-18)10-15-6-3-7-16(19)17(15)20/h2-8,14H,9-11H2,1H3. The van der Waals surface area contributed by atoms with Gasteiger partial charge in [0.05, 0.1) is 10.0 Å². The molecule has 3 heteroatoms. The van der Waals surface area contributed by atoms with Crippen LogP contribution in [0.3, 0.4) is 0 Å². The fourth-order valence-corrected chi connectivity index (χ4v) is 2.99. The molecule has 2 aromatic rings. The van der Waals surface area contributed by atoms with Gasteiger partial charge in [-0.25, -0.2) is 0 Å². The lowest BCUT2D eigenvalue weighted by atomic mass is 9.93. The van der Waals surface area contributed by atoms with Gasteiger partial charge in [-0.15, -0.1) is 11.6 Å². The first-order chi connectivity index (χ1) is 9.60. The minimum Gasteiger partial charge on any atom is -0.126 e. The van der Waals surface area contributed by atoms with Crippen LogP contribution in [0.2, 0.25) is 10.0 Å². The molecule has 0 fully saturated rings. The second-order valence-electron chi connectivity index (χ2n) is 5.13. The third kappa shape index (κ3) is 4.15. The second kappa shape index (κ2) is 7.36. The van der Waals surface area contributed by atoms with E-state index in [4.69, 9.17) is 34.8 Å². The van der Waals surface area contributed by atoms with Crippen molar-refractivity contribution in [3.8, 4) is 0 Å². The molecule has 0 amide bonds. The molecule has 0 saturated heterocycles. The molecule has 0 aliphatic carbocycles. The highest BCUT2D eigenvalue weighted by Crippen LogP contribution is 2.28. The van der Waals surface area contributed by atoms with Crippen molar-refractivity contribution < 1.29 is 0 Å². The minimum atomic E-state index is 0.356. The lowest BCUT2D eigenvalue weighted by Crippen LogP contribution is -2.10. The molecule has 2 rings (SSSR count). The Morgan fingerprint density at radius 3 is 2.45 bits per heavy atom. The Bertz CT molecular complexity index is 578. The number of halogens is 3. The number of aryl methyl sites for hydroxylation is 1. The van der Waals surface area contributed by atoms with Gasteiger partial charge in [0.2, 0.25) is 0 Å².